The quantitative estimate of drug-likeness (QED) is 0.322. The first-order valence-electron chi connectivity index (χ1n) is 3.37. The van der Waals surface area contributed by atoms with Crippen LogP contribution < -0.4 is 5.23 Å². The van der Waals surface area contributed by atoms with Crippen molar-refractivity contribution in [2.75, 3.05) is 26.4 Å². The Kier molecular flexibility index (Phi) is 6.95. The van der Waals surface area contributed by atoms with E-state index in [1.807, 2.05) is 0 Å². The number of hydrogen-bond donors (Lipinski definition) is 3. The summed E-state index contributed by atoms with van der Waals surface area (Å²) in [4.78, 5) is 0. The van der Waals surface area contributed by atoms with Crippen LogP contribution in [0.15, 0.2) is 0 Å². The van der Waals surface area contributed by atoms with E-state index < -0.39 is 7.05 Å². The highest BCUT2D eigenvalue weighted by Crippen LogP contribution is 1.72. The molecule has 0 heterocycles. The molecule has 0 radical (unpaired) electrons. The van der Waals surface area contributed by atoms with Crippen LogP contribution in [0.5, 0.6) is 0 Å². The average molecular weight is 147 g/mol. The number of rotatable bonds is 6. The lowest BCUT2D eigenvalue weighted by Gasteiger charge is -2.03. The second-order valence-electron chi connectivity index (χ2n) is 1.97. The zero-order chi connectivity index (χ0) is 7.82. The van der Waals surface area contributed by atoms with Crippen LogP contribution >= 0.6 is 0 Å². The third-order valence-corrected chi connectivity index (χ3v) is 0.922. The van der Waals surface area contributed by atoms with Gasteiger partial charge in [-0.1, -0.05) is 0 Å². The SMILES string of the molecule is CB(O)NCCOCCO. The molecule has 0 amide bonds. The van der Waals surface area contributed by atoms with E-state index in [0.717, 1.165) is 0 Å². The van der Waals surface area contributed by atoms with Crippen molar-refractivity contribution in [1.29, 1.82) is 0 Å². The van der Waals surface area contributed by atoms with Crippen molar-refractivity contribution in [3.63, 3.8) is 0 Å². The van der Waals surface area contributed by atoms with E-state index in [1.54, 1.807) is 6.82 Å². The lowest BCUT2D eigenvalue weighted by atomic mass is 9.89. The Morgan fingerprint density at radius 2 is 2.20 bits per heavy atom. The van der Waals surface area contributed by atoms with Crippen LogP contribution in [0.1, 0.15) is 0 Å². The van der Waals surface area contributed by atoms with E-state index in [0.29, 0.717) is 19.8 Å². The molecule has 0 aromatic rings. The van der Waals surface area contributed by atoms with Gasteiger partial charge < -0.3 is 20.1 Å². The molecule has 0 rings (SSSR count). The summed E-state index contributed by atoms with van der Waals surface area (Å²) in [6, 6.07) is 0. The zero-order valence-electron chi connectivity index (χ0n) is 6.21. The van der Waals surface area contributed by atoms with Gasteiger partial charge in [0.1, 0.15) is 0 Å². The van der Waals surface area contributed by atoms with Crippen molar-refractivity contribution in [1.82, 2.24) is 5.23 Å². The van der Waals surface area contributed by atoms with Gasteiger partial charge in [-0.15, -0.1) is 0 Å². The molecule has 0 aromatic heterocycles. The summed E-state index contributed by atoms with van der Waals surface area (Å²) in [7, 11) is -0.488. The number of ether oxygens (including phenoxy) is 1. The molecular weight excluding hydrogens is 133 g/mol. The minimum atomic E-state index is -0.488. The van der Waals surface area contributed by atoms with E-state index in [4.69, 9.17) is 14.9 Å². The van der Waals surface area contributed by atoms with Crippen LogP contribution in [-0.2, 0) is 4.74 Å². The summed E-state index contributed by atoms with van der Waals surface area (Å²) < 4.78 is 4.91. The van der Waals surface area contributed by atoms with Gasteiger partial charge in [0.15, 0.2) is 0 Å². The standard InChI is InChI=1S/C5H14BNO3/c1-6(9)7-2-4-10-5-3-8/h7-9H,2-5H2,1H3. The highest BCUT2D eigenvalue weighted by molar-refractivity contribution is 6.45. The molecule has 0 aliphatic heterocycles. The molecule has 0 saturated heterocycles. The smallest absolute Gasteiger partial charge is 0.373 e. The van der Waals surface area contributed by atoms with Crippen molar-refractivity contribution < 1.29 is 14.9 Å². The fraction of sp³-hybridized carbons (Fsp3) is 1.00. The van der Waals surface area contributed by atoms with Gasteiger partial charge in [-0.3, -0.25) is 0 Å². The Bertz CT molecular complexity index is 71.9. The summed E-state index contributed by atoms with van der Waals surface area (Å²) in [5.41, 5.74) is 0. The number of aliphatic hydroxyl groups is 1. The number of aliphatic hydroxyl groups excluding tert-OH is 1. The molecule has 0 atom stereocenters. The highest BCUT2D eigenvalue weighted by atomic mass is 16.5. The van der Waals surface area contributed by atoms with Gasteiger partial charge in [0.25, 0.3) is 0 Å². The van der Waals surface area contributed by atoms with Crippen molar-refractivity contribution >= 4 is 7.05 Å². The third-order valence-electron chi connectivity index (χ3n) is 0.922. The van der Waals surface area contributed by atoms with Crippen LogP contribution in [-0.4, -0.2) is 43.5 Å². The van der Waals surface area contributed by atoms with E-state index >= 15 is 0 Å². The first-order valence-corrected chi connectivity index (χ1v) is 3.37. The van der Waals surface area contributed by atoms with E-state index in [-0.39, 0.29) is 6.61 Å². The zero-order valence-corrected chi connectivity index (χ0v) is 6.21. The van der Waals surface area contributed by atoms with Crippen LogP contribution in [0, 0.1) is 0 Å². The fourth-order valence-electron chi connectivity index (χ4n) is 0.507. The average Bonchev–Trinajstić information content (AvgIpc) is 1.87. The predicted molar refractivity (Wildman–Crippen MR) is 39.7 cm³/mol. The van der Waals surface area contributed by atoms with Gasteiger partial charge in [0.2, 0.25) is 0 Å². The van der Waals surface area contributed by atoms with Crippen molar-refractivity contribution in [2.45, 2.75) is 6.82 Å². The molecule has 0 fully saturated rings. The van der Waals surface area contributed by atoms with Crippen molar-refractivity contribution in [3.8, 4) is 0 Å². The maximum Gasteiger partial charge on any atom is 0.373 e. The molecule has 0 spiro atoms. The van der Waals surface area contributed by atoms with Crippen molar-refractivity contribution in [2.24, 2.45) is 0 Å². The Hall–Kier alpha value is -0.0951. The monoisotopic (exact) mass is 147 g/mol. The second kappa shape index (κ2) is 7.02. The molecule has 0 aliphatic carbocycles. The Morgan fingerprint density at radius 1 is 1.50 bits per heavy atom. The number of nitrogens with one attached hydrogen (secondary N) is 1. The first-order chi connectivity index (χ1) is 4.77. The lowest BCUT2D eigenvalue weighted by molar-refractivity contribution is 0.0957. The summed E-state index contributed by atoms with van der Waals surface area (Å²) in [6.45, 7) is 3.19. The highest BCUT2D eigenvalue weighted by Gasteiger charge is 1.98. The second-order valence-corrected chi connectivity index (χ2v) is 1.97. The molecular formula is C5H14BNO3. The fourth-order valence-corrected chi connectivity index (χ4v) is 0.507. The largest absolute Gasteiger partial charge is 0.437 e. The molecule has 0 saturated carbocycles. The van der Waals surface area contributed by atoms with Crippen LogP contribution in [0.4, 0.5) is 0 Å². The predicted octanol–water partition coefficient (Wildman–Crippen LogP) is -1.30. The molecule has 0 aromatic carbocycles. The van der Waals surface area contributed by atoms with E-state index in [2.05, 4.69) is 5.23 Å². The minimum Gasteiger partial charge on any atom is -0.437 e. The summed E-state index contributed by atoms with van der Waals surface area (Å²) in [6.07, 6.45) is 0. The van der Waals surface area contributed by atoms with Crippen molar-refractivity contribution in [3.05, 3.63) is 0 Å². The molecule has 5 heteroatoms. The lowest BCUT2D eigenvalue weighted by Crippen LogP contribution is -2.33. The Balaban J connectivity index is 2.77. The van der Waals surface area contributed by atoms with Gasteiger partial charge in [-0.05, 0) is 6.82 Å². The van der Waals surface area contributed by atoms with Crippen LogP contribution in [0.2, 0.25) is 6.82 Å². The van der Waals surface area contributed by atoms with Gasteiger partial charge in [0.05, 0.1) is 19.8 Å². The molecule has 0 unspecified atom stereocenters. The Labute approximate surface area is 61.3 Å². The van der Waals surface area contributed by atoms with Gasteiger partial charge in [0, 0.05) is 6.54 Å². The molecule has 0 bridgehead atoms. The minimum absolute atomic E-state index is 0.0503. The molecule has 4 nitrogen and oxygen atoms in total. The normalized spacial score (nSPS) is 9.90. The van der Waals surface area contributed by atoms with Gasteiger partial charge in [-0.2, -0.15) is 0 Å². The summed E-state index contributed by atoms with van der Waals surface area (Å²) in [5.74, 6) is 0. The molecule has 3 N–H and O–H groups in total. The van der Waals surface area contributed by atoms with E-state index in [1.165, 1.54) is 0 Å². The Morgan fingerprint density at radius 3 is 2.70 bits per heavy atom. The first kappa shape index (κ1) is 9.90. The molecule has 60 valence electrons. The van der Waals surface area contributed by atoms with Gasteiger partial charge >= 0.3 is 7.05 Å². The summed E-state index contributed by atoms with van der Waals surface area (Å²) >= 11 is 0. The topological polar surface area (TPSA) is 61.7 Å². The molecule has 0 aliphatic rings. The third kappa shape index (κ3) is 7.90. The maximum atomic E-state index is 8.69. The maximum absolute atomic E-state index is 8.69. The van der Waals surface area contributed by atoms with Gasteiger partial charge in [-0.25, -0.2) is 0 Å². The van der Waals surface area contributed by atoms with Crippen LogP contribution in [0.25, 0.3) is 0 Å². The molecule has 10 heavy (non-hydrogen) atoms. The van der Waals surface area contributed by atoms with Crippen LogP contribution in [0.3, 0.4) is 0 Å². The van der Waals surface area contributed by atoms with E-state index in [9.17, 15) is 0 Å². The summed E-state index contributed by atoms with van der Waals surface area (Å²) in [5, 5.41) is 19.7. The number of hydrogen-bond acceptors (Lipinski definition) is 4.